The largest absolute Gasteiger partial charge is 0.383 e. The summed E-state index contributed by atoms with van der Waals surface area (Å²) in [7, 11) is 0. The number of nitrogen functional groups attached to an aromatic ring is 2. The number of halogens is 1. The number of aryl methyl sites for hydroxylation is 2. The van der Waals surface area contributed by atoms with E-state index in [1.54, 1.807) is 0 Å². The molecule has 1 heterocycles. The molecular formula is C13H15BrN4. The van der Waals surface area contributed by atoms with E-state index in [4.69, 9.17) is 11.5 Å². The van der Waals surface area contributed by atoms with Crippen molar-refractivity contribution in [2.24, 2.45) is 0 Å². The first kappa shape index (κ1) is 12.8. The average Bonchev–Trinajstić information content (AvgIpc) is 2.28. The third-order valence-electron chi connectivity index (χ3n) is 2.81. The summed E-state index contributed by atoms with van der Waals surface area (Å²) in [6, 6.07) is 8.24. The van der Waals surface area contributed by atoms with E-state index in [0.29, 0.717) is 5.82 Å². The van der Waals surface area contributed by atoms with Gasteiger partial charge in [-0.2, -0.15) is 4.98 Å². The molecule has 0 bridgehead atoms. The number of hydrogen-bond acceptors (Lipinski definition) is 4. The molecule has 0 spiro atoms. The smallest absolute Gasteiger partial charge is 0.222 e. The molecule has 0 fully saturated rings. The summed E-state index contributed by atoms with van der Waals surface area (Å²) in [5, 5.41) is 0. The first-order valence-electron chi connectivity index (χ1n) is 5.59. The van der Waals surface area contributed by atoms with E-state index in [9.17, 15) is 0 Å². The Bertz CT molecular complexity index is 543. The molecule has 2 rings (SSSR count). The SMILES string of the molecule is Cc1ccc([C@H](Br)c2c(C)nc(N)nc2N)cc1. The van der Waals surface area contributed by atoms with Crippen LogP contribution in [-0.2, 0) is 0 Å². The van der Waals surface area contributed by atoms with Crippen molar-refractivity contribution in [3.05, 3.63) is 46.6 Å². The monoisotopic (exact) mass is 306 g/mol. The molecule has 0 saturated heterocycles. The van der Waals surface area contributed by atoms with Gasteiger partial charge in [0, 0.05) is 11.3 Å². The lowest BCUT2D eigenvalue weighted by Crippen LogP contribution is -2.09. The van der Waals surface area contributed by atoms with Gasteiger partial charge in [-0.1, -0.05) is 45.8 Å². The van der Waals surface area contributed by atoms with Crippen LogP contribution in [0.1, 0.15) is 27.2 Å². The molecule has 0 amide bonds. The number of rotatable bonds is 2. The summed E-state index contributed by atoms with van der Waals surface area (Å²) in [5.74, 6) is 0.625. The summed E-state index contributed by atoms with van der Waals surface area (Å²) in [6.45, 7) is 3.94. The number of aromatic nitrogens is 2. The van der Waals surface area contributed by atoms with E-state index in [2.05, 4.69) is 57.1 Å². The van der Waals surface area contributed by atoms with E-state index in [1.807, 2.05) is 6.92 Å². The Morgan fingerprint density at radius 2 is 1.67 bits per heavy atom. The molecule has 4 nitrogen and oxygen atoms in total. The van der Waals surface area contributed by atoms with Crippen molar-refractivity contribution in [2.75, 3.05) is 11.5 Å². The first-order chi connectivity index (χ1) is 8.49. The second kappa shape index (κ2) is 4.94. The van der Waals surface area contributed by atoms with Crippen LogP contribution in [0.4, 0.5) is 11.8 Å². The van der Waals surface area contributed by atoms with Gasteiger partial charge >= 0.3 is 0 Å². The Kier molecular flexibility index (Phi) is 3.52. The molecule has 0 aliphatic heterocycles. The van der Waals surface area contributed by atoms with Gasteiger partial charge in [0.15, 0.2) is 0 Å². The minimum atomic E-state index is -0.0290. The standard InChI is InChI=1S/C13H15BrN4/c1-7-3-5-9(6-4-7)11(14)10-8(2)17-13(16)18-12(10)15/h3-6,11H,1-2H3,(H4,15,16,17,18)/t11-/m0/s1. The molecular weight excluding hydrogens is 292 g/mol. The topological polar surface area (TPSA) is 77.8 Å². The predicted molar refractivity (Wildman–Crippen MR) is 77.5 cm³/mol. The van der Waals surface area contributed by atoms with Crippen molar-refractivity contribution >= 4 is 27.7 Å². The molecule has 5 heteroatoms. The zero-order valence-electron chi connectivity index (χ0n) is 10.3. The van der Waals surface area contributed by atoms with Crippen LogP contribution in [0.5, 0.6) is 0 Å². The summed E-state index contributed by atoms with van der Waals surface area (Å²) in [4.78, 5) is 8.14. The van der Waals surface area contributed by atoms with Crippen molar-refractivity contribution in [3.8, 4) is 0 Å². The molecule has 0 aliphatic carbocycles. The van der Waals surface area contributed by atoms with Gasteiger partial charge in [0.25, 0.3) is 0 Å². The van der Waals surface area contributed by atoms with E-state index in [1.165, 1.54) is 5.56 Å². The lowest BCUT2D eigenvalue weighted by Gasteiger charge is -2.15. The van der Waals surface area contributed by atoms with Gasteiger partial charge in [-0.05, 0) is 19.4 Å². The number of nitrogens with zero attached hydrogens (tertiary/aromatic N) is 2. The summed E-state index contributed by atoms with van der Waals surface area (Å²) < 4.78 is 0. The Morgan fingerprint density at radius 3 is 2.22 bits per heavy atom. The Hall–Kier alpha value is -1.62. The minimum absolute atomic E-state index is 0.0290. The van der Waals surface area contributed by atoms with Gasteiger partial charge in [-0.15, -0.1) is 0 Å². The van der Waals surface area contributed by atoms with E-state index < -0.39 is 0 Å². The Balaban J connectivity index is 2.46. The molecule has 0 aliphatic rings. The molecule has 2 aromatic rings. The van der Waals surface area contributed by atoms with Crippen LogP contribution in [0.3, 0.4) is 0 Å². The molecule has 1 aromatic heterocycles. The van der Waals surface area contributed by atoms with Crippen molar-refractivity contribution in [3.63, 3.8) is 0 Å². The van der Waals surface area contributed by atoms with Gasteiger partial charge < -0.3 is 11.5 Å². The van der Waals surface area contributed by atoms with Crippen molar-refractivity contribution in [1.82, 2.24) is 9.97 Å². The zero-order valence-corrected chi connectivity index (χ0v) is 11.9. The van der Waals surface area contributed by atoms with Crippen LogP contribution in [-0.4, -0.2) is 9.97 Å². The third-order valence-corrected chi connectivity index (χ3v) is 3.79. The zero-order chi connectivity index (χ0) is 13.3. The normalized spacial score (nSPS) is 12.4. The van der Waals surface area contributed by atoms with Gasteiger partial charge in [-0.25, -0.2) is 4.98 Å². The van der Waals surface area contributed by atoms with Gasteiger partial charge in [-0.3, -0.25) is 0 Å². The minimum Gasteiger partial charge on any atom is -0.383 e. The van der Waals surface area contributed by atoms with Crippen molar-refractivity contribution in [1.29, 1.82) is 0 Å². The van der Waals surface area contributed by atoms with E-state index in [-0.39, 0.29) is 10.8 Å². The van der Waals surface area contributed by atoms with Crippen LogP contribution >= 0.6 is 15.9 Å². The summed E-state index contributed by atoms with van der Waals surface area (Å²) in [6.07, 6.45) is 0. The fourth-order valence-electron chi connectivity index (χ4n) is 1.84. The van der Waals surface area contributed by atoms with Crippen LogP contribution in [0.15, 0.2) is 24.3 Å². The van der Waals surface area contributed by atoms with E-state index in [0.717, 1.165) is 16.8 Å². The Labute approximate surface area is 115 Å². The van der Waals surface area contributed by atoms with Crippen LogP contribution < -0.4 is 11.5 Å². The molecule has 4 N–H and O–H groups in total. The molecule has 94 valence electrons. The molecule has 1 aromatic carbocycles. The van der Waals surface area contributed by atoms with Crippen LogP contribution in [0.25, 0.3) is 0 Å². The maximum Gasteiger partial charge on any atom is 0.222 e. The quantitative estimate of drug-likeness (QED) is 0.836. The lowest BCUT2D eigenvalue weighted by molar-refractivity contribution is 1.03. The predicted octanol–water partition coefficient (Wildman–Crippen LogP) is 2.74. The molecule has 1 atom stereocenters. The fourth-order valence-corrected chi connectivity index (χ4v) is 2.71. The van der Waals surface area contributed by atoms with Gasteiger partial charge in [0.1, 0.15) is 5.82 Å². The highest BCUT2D eigenvalue weighted by atomic mass is 79.9. The molecule has 0 radical (unpaired) electrons. The maximum absolute atomic E-state index is 5.93. The van der Waals surface area contributed by atoms with Gasteiger partial charge in [0.2, 0.25) is 5.95 Å². The number of hydrogen-bond donors (Lipinski definition) is 2. The van der Waals surface area contributed by atoms with E-state index >= 15 is 0 Å². The van der Waals surface area contributed by atoms with Crippen molar-refractivity contribution < 1.29 is 0 Å². The second-order valence-electron chi connectivity index (χ2n) is 4.24. The number of anilines is 2. The van der Waals surface area contributed by atoms with Crippen molar-refractivity contribution in [2.45, 2.75) is 18.7 Å². The molecule has 0 saturated carbocycles. The van der Waals surface area contributed by atoms with Crippen LogP contribution in [0.2, 0.25) is 0 Å². The highest BCUT2D eigenvalue weighted by Crippen LogP contribution is 2.35. The number of alkyl halides is 1. The fraction of sp³-hybridized carbons (Fsp3) is 0.231. The molecule has 18 heavy (non-hydrogen) atoms. The number of benzene rings is 1. The first-order valence-corrected chi connectivity index (χ1v) is 6.50. The third kappa shape index (κ3) is 2.46. The molecule has 0 unspecified atom stereocenters. The second-order valence-corrected chi connectivity index (χ2v) is 5.16. The Morgan fingerprint density at radius 1 is 1.06 bits per heavy atom. The summed E-state index contributed by atoms with van der Waals surface area (Å²) >= 11 is 3.64. The van der Waals surface area contributed by atoms with Crippen LogP contribution in [0, 0.1) is 13.8 Å². The summed E-state index contributed by atoms with van der Waals surface area (Å²) in [5.41, 5.74) is 15.5. The maximum atomic E-state index is 5.93. The number of nitrogens with two attached hydrogens (primary N) is 2. The highest BCUT2D eigenvalue weighted by molar-refractivity contribution is 9.09. The highest BCUT2D eigenvalue weighted by Gasteiger charge is 2.18. The average molecular weight is 307 g/mol. The lowest BCUT2D eigenvalue weighted by atomic mass is 10.0. The van der Waals surface area contributed by atoms with Gasteiger partial charge in [0.05, 0.1) is 4.83 Å².